The quantitative estimate of drug-likeness (QED) is 0.298. The summed E-state index contributed by atoms with van der Waals surface area (Å²) >= 11 is 0. The molecule has 3 fully saturated rings. The maximum atomic E-state index is 12.5. The summed E-state index contributed by atoms with van der Waals surface area (Å²) in [5.41, 5.74) is 6.23. The van der Waals surface area contributed by atoms with Crippen molar-refractivity contribution in [1.29, 1.82) is 0 Å². The molecule has 2 saturated heterocycles. The maximum absolute atomic E-state index is 12.5. The molecule has 2 heterocycles. The van der Waals surface area contributed by atoms with E-state index in [0.717, 1.165) is 104 Å². The Bertz CT molecular complexity index is 605. The van der Waals surface area contributed by atoms with Gasteiger partial charge in [-0.2, -0.15) is 0 Å². The summed E-state index contributed by atoms with van der Waals surface area (Å²) in [6.45, 7) is 15.4. The number of hydrogen-bond acceptors (Lipinski definition) is 8. The van der Waals surface area contributed by atoms with Crippen molar-refractivity contribution in [3.8, 4) is 0 Å². The average Bonchev–Trinajstić information content (AvgIpc) is 2.83. The molecule has 9 nitrogen and oxygen atoms in total. The van der Waals surface area contributed by atoms with Crippen molar-refractivity contribution in [3.05, 3.63) is 0 Å². The van der Waals surface area contributed by atoms with Crippen LogP contribution < -0.4 is 11.1 Å². The van der Waals surface area contributed by atoms with Crippen molar-refractivity contribution in [2.75, 3.05) is 85.8 Å². The third-order valence-electron chi connectivity index (χ3n) is 7.78. The Morgan fingerprint density at radius 1 is 1.00 bits per heavy atom. The first-order valence-electron chi connectivity index (χ1n) is 14.4. The van der Waals surface area contributed by atoms with Gasteiger partial charge in [0.25, 0.3) is 0 Å². The molecule has 1 aliphatic carbocycles. The normalized spacial score (nSPS) is 26.4. The molecule has 1 saturated carbocycles. The Labute approximate surface area is 219 Å². The summed E-state index contributed by atoms with van der Waals surface area (Å²) in [6.07, 6.45) is 6.82. The first-order chi connectivity index (χ1) is 17.4. The second-order valence-electron chi connectivity index (χ2n) is 11.3. The zero-order chi connectivity index (χ0) is 25.8. The minimum Gasteiger partial charge on any atom is -0.383 e. The van der Waals surface area contributed by atoms with E-state index in [1.54, 1.807) is 7.11 Å². The van der Waals surface area contributed by atoms with E-state index < -0.39 is 0 Å². The first-order valence-corrected chi connectivity index (χ1v) is 14.4. The number of ether oxygens (including phenoxy) is 3. The zero-order valence-corrected chi connectivity index (χ0v) is 23.2. The molecule has 9 heteroatoms. The Morgan fingerprint density at radius 3 is 2.36 bits per heavy atom. The van der Waals surface area contributed by atoms with Gasteiger partial charge in [-0.15, -0.1) is 0 Å². The van der Waals surface area contributed by atoms with Crippen molar-refractivity contribution in [2.45, 2.75) is 76.7 Å². The van der Waals surface area contributed by atoms with Crippen LogP contribution in [-0.4, -0.2) is 131 Å². The highest BCUT2D eigenvalue weighted by Gasteiger charge is 2.34. The van der Waals surface area contributed by atoms with E-state index in [-0.39, 0.29) is 18.0 Å². The van der Waals surface area contributed by atoms with E-state index in [4.69, 9.17) is 19.9 Å². The lowest BCUT2D eigenvalue weighted by Gasteiger charge is -2.41. The van der Waals surface area contributed by atoms with E-state index in [2.05, 4.69) is 33.9 Å². The molecule has 0 bridgehead atoms. The van der Waals surface area contributed by atoms with Crippen LogP contribution in [0.3, 0.4) is 0 Å². The van der Waals surface area contributed by atoms with Gasteiger partial charge in [-0.25, -0.2) is 0 Å². The lowest BCUT2D eigenvalue weighted by Crippen LogP contribution is -2.54. The predicted molar refractivity (Wildman–Crippen MR) is 143 cm³/mol. The van der Waals surface area contributed by atoms with Crippen LogP contribution in [0.5, 0.6) is 0 Å². The standard InChI is InChI=1S/C27H53N5O4/c1-4-14-35-21-23(28)16-22(2)19-31-7-5-25(6-8-31)36-26-17-24(18-26)29-27(33)20-32-11-9-30(10-12-32)13-15-34-3/h22-26H,4-21,28H2,1-3H3,(H,29,33). The topological polar surface area (TPSA) is 92.5 Å². The van der Waals surface area contributed by atoms with Crippen molar-refractivity contribution >= 4 is 5.91 Å². The number of carbonyl (C=O) groups is 1. The number of amides is 1. The summed E-state index contributed by atoms with van der Waals surface area (Å²) in [5.74, 6) is 0.737. The molecular formula is C27H53N5O4. The van der Waals surface area contributed by atoms with E-state index >= 15 is 0 Å². The van der Waals surface area contributed by atoms with Crippen LogP contribution in [0, 0.1) is 5.92 Å². The van der Waals surface area contributed by atoms with Crippen molar-refractivity contribution in [2.24, 2.45) is 11.7 Å². The number of hydrogen-bond donors (Lipinski definition) is 2. The summed E-state index contributed by atoms with van der Waals surface area (Å²) in [5, 5.41) is 3.21. The third-order valence-corrected chi connectivity index (χ3v) is 7.78. The lowest BCUT2D eigenvalue weighted by atomic mass is 9.88. The molecular weight excluding hydrogens is 458 g/mol. The van der Waals surface area contributed by atoms with Gasteiger partial charge >= 0.3 is 0 Å². The fourth-order valence-electron chi connectivity index (χ4n) is 5.64. The van der Waals surface area contributed by atoms with E-state index in [0.29, 0.717) is 31.3 Å². The fourth-order valence-corrected chi connectivity index (χ4v) is 5.64. The second kappa shape index (κ2) is 16.2. The maximum Gasteiger partial charge on any atom is 0.234 e. The van der Waals surface area contributed by atoms with Gasteiger partial charge < -0.3 is 30.2 Å². The number of carbonyl (C=O) groups excluding carboxylic acids is 1. The van der Waals surface area contributed by atoms with Gasteiger partial charge in [0.15, 0.2) is 0 Å². The number of piperidine rings is 1. The van der Waals surface area contributed by atoms with Crippen LogP contribution >= 0.6 is 0 Å². The molecule has 36 heavy (non-hydrogen) atoms. The van der Waals surface area contributed by atoms with Crippen LogP contribution in [0.2, 0.25) is 0 Å². The summed E-state index contributed by atoms with van der Waals surface area (Å²) in [4.78, 5) is 19.7. The number of methoxy groups -OCH3 is 1. The van der Waals surface area contributed by atoms with E-state index in [9.17, 15) is 4.79 Å². The van der Waals surface area contributed by atoms with Crippen molar-refractivity contribution in [3.63, 3.8) is 0 Å². The summed E-state index contributed by atoms with van der Waals surface area (Å²) in [7, 11) is 1.74. The van der Waals surface area contributed by atoms with Gasteiger partial charge in [0, 0.05) is 78.2 Å². The summed E-state index contributed by atoms with van der Waals surface area (Å²) < 4.78 is 17.1. The molecule has 1 amide bonds. The highest BCUT2D eigenvalue weighted by molar-refractivity contribution is 5.78. The first kappa shape index (κ1) is 29.7. The highest BCUT2D eigenvalue weighted by Crippen LogP contribution is 2.27. The summed E-state index contributed by atoms with van der Waals surface area (Å²) in [6, 6.07) is 0.410. The largest absolute Gasteiger partial charge is 0.383 e. The molecule has 3 aliphatic rings. The smallest absolute Gasteiger partial charge is 0.234 e. The molecule has 2 unspecified atom stereocenters. The van der Waals surface area contributed by atoms with Gasteiger partial charge in [-0.05, 0) is 44.4 Å². The number of likely N-dealkylation sites (tertiary alicyclic amines) is 1. The molecule has 0 aromatic carbocycles. The number of nitrogens with zero attached hydrogens (tertiary/aromatic N) is 3. The van der Waals surface area contributed by atoms with Crippen LogP contribution in [0.25, 0.3) is 0 Å². The highest BCUT2D eigenvalue weighted by atomic mass is 16.5. The van der Waals surface area contributed by atoms with Crippen LogP contribution in [0.4, 0.5) is 0 Å². The monoisotopic (exact) mass is 511 g/mol. The van der Waals surface area contributed by atoms with E-state index in [1.807, 2.05) is 0 Å². The minimum atomic E-state index is 0.135. The molecule has 0 aromatic heterocycles. The number of piperazine rings is 1. The molecule has 2 aliphatic heterocycles. The van der Waals surface area contributed by atoms with Gasteiger partial charge in [0.1, 0.15) is 0 Å². The number of rotatable bonds is 16. The fraction of sp³-hybridized carbons (Fsp3) is 0.963. The van der Waals surface area contributed by atoms with E-state index in [1.165, 1.54) is 0 Å². The molecule has 3 N–H and O–H groups in total. The predicted octanol–water partition coefficient (Wildman–Crippen LogP) is 1.16. The third kappa shape index (κ3) is 10.9. The van der Waals surface area contributed by atoms with Crippen molar-refractivity contribution < 1.29 is 19.0 Å². The molecule has 0 aromatic rings. The van der Waals surface area contributed by atoms with Gasteiger partial charge in [0.2, 0.25) is 5.91 Å². The Morgan fingerprint density at radius 2 is 1.69 bits per heavy atom. The lowest BCUT2D eigenvalue weighted by molar-refractivity contribution is -0.127. The minimum absolute atomic E-state index is 0.135. The van der Waals surface area contributed by atoms with Crippen molar-refractivity contribution in [1.82, 2.24) is 20.0 Å². The number of nitrogens with two attached hydrogens (primary N) is 1. The molecule has 210 valence electrons. The molecule has 0 spiro atoms. The SMILES string of the molecule is CCCOCC(N)CC(C)CN1CCC(OC2CC(NC(=O)CN3CCN(CCOC)CC3)C2)CC1. The van der Waals surface area contributed by atoms with Crippen LogP contribution in [0.15, 0.2) is 0 Å². The van der Waals surface area contributed by atoms with Crippen LogP contribution in [-0.2, 0) is 19.0 Å². The number of nitrogens with one attached hydrogen (secondary N) is 1. The Kier molecular flexibility index (Phi) is 13.4. The van der Waals surface area contributed by atoms with Gasteiger partial charge in [0.05, 0.1) is 32.0 Å². The second-order valence-corrected chi connectivity index (χ2v) is 11.3. The zero-order valence-electron chi connectivity index (χ0n) is 23.2. The van der Waals surface area contributed by atoms with Gasteiger partial charge in [-0.1, -0.05) is 13.8 Å². The average molecular weight is 512 g/mol. The molecule has 3 rings (SSSR count). The molecule has 0 radical (unpaired) electrons. The molecule has 2 atom stereocenters. The Hall–Kier alpha value is -0.810. The van der Waals surface area contributed by atoms with Gasteiger partial charge in [-0.3, -0.25) is 14.6 Å². The Balaban J connectivity index is 1.20. The van der Waals surface area contributed by atoms with Crippen LogP contribution in [0.1, 0.15) is 52.4 Å².